The number of anilines is 1. The van der Waals surface area contributed by atoms with Gasteiger partial charge in [0.25, 0.3) is 0 Å². The molecule has 0 aromatic carbocycles. The molecule has 1 saturated heterocycles. The lowest BCUT2D eigenvalue weighted by Crippen LogP contribution is -2.36. The van der Waals surface area contributed by atoms with Crippen LogP contribution in [0.15, 0.2) is 65.7 Å². The highest BCUT2D eigenvalue weighted by Crippen LogP contribution is 2.60. The number of esters is 2. The van der Waals surface area contributed by atoms with Crippen LogP contribution in [-0.4, -0.2) is 119 Å². The van der Waals surface area contributed by atoms with Gasteiger partial charge in [0.15, 0.2) is 12.3 Å². The number of nitrogens with two attached hydrogens (primary N) is 1. The van der Waals surface area contributed by atoms with Crippen LogP contribution in [0.1, 0.15) is 155 Å². The number of allylic oxidation sites excluding steroid dienone is 6. The Morgan fingerprint density at radius 2 is 1.35 bits per heavy atom. The predicted molar refractivity (Wildman–Crippen MR) is 270 cm³/mol. The van der Waals surface area contributed by atoms with Gasteiger partial charge in [-0.1, -0.05) is 159 Å². The first kappa shape index (κ1) is 64.7. The van der Waals surface area contributed by atoms with Gasteiger partial charge in [-0.2, -0.15) is 9.29 Å². The minimum Gasteiger partial charge on any atom is -0.462 e. The van der Waals surface area contributed by atoms with Gasteiger partial charge in [-0.15, -0.1) is 0 Å². The van der Waals surface area contributed by atoms with Crippen molar-refractivity contribution >= 4 is 33.4 Å². The van der Waals surface area contributed by atoms with Gasteiger partial charge in [-0.25, -0.2) is 13.9 Å². The molecular weight excluding hydrogens is 980 g/mol. The van der Waals surface area contributed by atoms with Crippen LogP contribution in [0.4, 0.5) is 5.82 Å². The molecule has 0 radical (unpaired) electrons. The number of phosphoric ester groups is 2. The molecule has 0 amide bonds. The van der Waals surface area contributed by atoms with Crippen LogP contribution in [0, 0.1) is 5.92 Å². The average Bonchev–Trinajstić information content (AvgIpc) is 3.61. The van der Waals surface area contributed by atoms with Crippen LogP contribution in [0.25, 0.3) is 0 Å². The Kier molecular flexibility index (Phi) is 32.8. The van der Waals surface area contributed by atoms with Crippen molar-refractivity contribution in [2.45, 2.75) is 198 Å². The van der Waals surface area contributed by atoms with Gasteiger partial charge in [0, 0.05) is 19.0 Å². The Morgan fingerprint density at radius 1 is 0.764 bits per heavy atom. The number of rotatable bonds is 40. The molecule has 2 heterocycles. The van der Waals surface area contributed by atoms with Crippen molar-refractivity contribution in [3.8, 4) is 0 Å². The molecule has 1 aromatic heterocycles. The molecule has 1 aliphatic heterocycles. The van der Waals surface area contributed by atoms with E-state index in [4.69, 9.17) is 29.0 Å². The number of nitrogen functional groups attached to an aromatic ring is 1. The van der Waals surface area contributed by atoms with Crippen molar-refractivity contribution in [2.75, 3.05) is 25.6 Å². The number of carbonyl (C=O) groups is 2. The molecule has 0 saturated carbocycles. The lowest BCUT2D eigenvalue weighted by atomic mass is 9.99. The topological polar surface area (TPSA) is 326 Å². The number of nitrogens with zero attached hydrogens (tertiary/aromatic N) is 2. The molecule has 72 heavy (non-hydrogen) atoms. The number of carbonyl (C=O) groups excluding carboxylic acids is 2. The van der Waals surface area contributed by atoms with Crippen LogP contribution in [-0.2, 0) is 46.3 Å². The molecular formula is C49H83N3O18P2. The van der Waals surface area contributed by atoms with Crippen molar-refractivity contribution in [2.24, 2.45) is 5.92 Å². The Labute approximate surface area is 424 Å². The highest BCUT2D eigenvalue weighted by Gasteiger charge is 2.46. The summed E-state index contributed by atoms with van der Waals surface area (Å²) < 4.78 is 56.5. The third-order valence-corrected chi connectivity index (χ3v) is 14.4. The molecule has 0 bridgehead atoms. The summed E-state index contributed by atoms with van der Waals surface area (Å²) in [7, 11) is -11.0. The number of hydrogen-bond acceptors (Lipinski definition) is 18. The van der Waals surface area contributed by atoms with Crippen LogP contribution in [0.5, 0.6) is 0 Å². The molecule has 412 valence electrons. The van der Waals surface area contributed by atoms with Gasteiger partial charge in [-0.3, -0.25) is 23.2 Å². The molecule has 1 fully saturated rings. The van der Waals surface area contributed by atoms with Crippen molar-refractivity contribution in [3.05, 3.63) is 71.4 Å². The number of aliphatic hydroxyl groups excluding tert-OH is 5. The van der Waals surface area contributed by atoms with E-state index in [1.54, 1.807) is 42.5 Å². The summed E-state index contributed by atoms with van der Waals surface area (Å²) in [6, 6.07) is 1.23. The van der Waals surface area contributed by atoms with Crippen molar-refractivity contribution in [1.82, 2.24) is 9.55 Å². The third-order valence-electron chi connectivity index (χ3n) is 11.8. The van der Waals surface area contributed by atoms with Crippen LogP contribution >= 0.6 is 15.6 Å². The summed E-state index contributed by atoms with van der Waals surface area (Å²) in [6.07, 6.45) is 19.9. The summed E-state index contributed by atoms with van der Waals surface area (Å²) in [4.78, 5) is 61.9. The van der Waals surface area contributed by atoms with E-state index >= 15 is 0 Å². The highest BCUT2D eigenvalue weighted by atomic mass is 31.3. The second kappa shape index (κ2) is 36.5. The molecule has 23 heteroatoms. The number of ether oxygens (including phenoxy) is 3. The Morgan fingerprint density at radius 3 is 1.99 bits per heavy atom. The Hall–Kier alpha value is -3.40. The molecule has 3 unspecified atom stereocenters. The monoisotopic (exact) mass is 1060 g/mol. The minimum atomic E-state index is -5.50. The summed E-state index contributed by atoms with van der Waals surface area (Å²) >= 11 is 0. The van der Waals surface area contributed by atoms with Gasteiger partial charge in [-0.05, 0) is 37.7 Å². The standard InChI is InChI=1S/C49H83N3O18P2/c1-4-6-19-26-38(53)27-21-16-13-14-17-22-28-40(54)41(55)29-24-31-44(56)65-34-39(68-45(57)30-23-18-12-10-8-7-9-11-15-20-25-37(3)5-2)35-66-71(61,62)70-72(63,64)67-36-42-46(58)47(59)48(69-42)52-33-32-43(50)51-49(52)60/h13-14,16-17,21-22,27-28,32-33,37-42,46-48,53-55,58-59H,4-12,15,18-20,23-26,29-31,34-36H2,1-3H3,(H,61,62)(H,63,64)(H2,50,51,60)/b16-13-,17-14+,27-21+,28-22+/t37?,38-,39-,40-,41-,42-,46-,47-,48-/m1/s1. The summed E-state index contributed by atoms with van der Waals surface area (Å²) in [6.45, 7) is 4.01. The SMILES string of the molecule is CCCCC[C@@H](O)/C=C/C=C\C=C\C=C\[C@@H](O)[C@H](O)CCCC(=O)OC[C@H](COP(=O)(O)OP(=O)(O)OC[C@H]1O[C@@H](n2ccc(N)nc2=O)[C@H](O)[C@@H]1O)OC(=O)CCCCCCCCCCCCC(C)CC. The van der Waals surface area contributed by atoms with Crippen LogP contribution in [0.3, 0.4) is 0 Å². The predicted octanol–water partition coefficient (Wildman–Crippen LogP) is 6.94. The average molecular weight is 1060 g/mol. The van der Waals surface area contributed by atoms with E-state index in [-0.39, 0.29) is 31.5 Å². The lowest BCUT2D eigenvalue weighted by molar-refractivity contribution is -0.161. The summed E-state index contributed by atoms with van der Waals surface area (Å²) in [5.74, 6) is -0.870. The highest BCUT2D eigenvalue weighted by molar-refractivity contribution is 7.61. The minimum absolute atomic E-state index is 0.0110. The van der Waals surface area contributed by atoms with E-state index in [0.717, 1.165) is 68.0 Å². The molecule has 21 nitrogen and oxygen atoms in total. The second-order valence-corrected chi connectivity index (χ2v) is 21.2. The zero-order valence-corrected chi connectivity index (χ0v) is 44.0. The summed E-state index contributed by atoms with van der Waals surface area (Å²) in [5, 5.41) is 51.6. The van der Waals surface area contributed by atoms with E-state index in [1.165, 1.54) is 50.7 Å². The largest absolute Gasteiger partial charge is 0.481 e. The van der Waals surface area contributed by atoms with E-state index < -0.39 is 102 Å². The maximum absolute atomic E-state index is 12.9. The fourth-order valence-corrected chi connectivity index (χ4v) is 9.43. The smallest absolute Gasteiger partial charge is 0.462 e. The number of hydrogen-bond donors (Lipinski definition) is 8. The molecule has 9 N–H and O–H groups in total. The Balaban J connectivity index is 1.89. The fourth-order valence-electron chi connectivity index (χ4n) is 7.32. The molecule has 11 atom stereocenters. The molecule has 1 aromatic rings. The number of aliphatic hydroxyl groups is 5. The van der Waals surface area contributed by atoms with E-state index in [0.29, 0.717) is 12.8 Å². The maximum atomic E-state index is 12.9. The van der Waals surface area contributed by atoms with Gasteiger partial charge in [0.2, 0.25) is 0 Å². The maximum Gasteiger partial charge on any atom is 0.481 e. The number of aromatic nitrogens is 2. The van der Waals surface area contributed by atoms with Gasteiger partial charge in [0.05, 0.1) is 31.5 Å². The first-order valence-electron chi connectivity index (χ1n) is 25.4. The zero-order valence-electron chi connectivity index (χ0n) is 42.2. The first-order chi connectivity index (χ1) is 34.3. The van der Waals surface area contributed by atoms with E-state index in [9.17, 15) is 58.8 Å². The number of phosphoric acid groups is 2. The molecule has 1 aliphatic rings. The fraction of sp³-hybridized carbons (Fsp3) is 0.714. The summed E-state index contributed by atoms with van der Waals surface area (Å²) in [5.41, 5.74) is 4.55. The first-order valence-corrected chi connectivity index (χ1v) is 28.4. The zero-order chi connectivity index (χ0) is 53.4. The van der Waals surface area contributed by atoms with Crippen molar-refractivity contribution in [1.29, 1.82) is 0 Å². The third kappa shape index (κ3) is 28.9. The normalized spacial score (nSPS) is 21.2. The lowest BCUT2D eigenvalue weighted by Gasteiger charge is -2.21. The van der Waals surface area contributed by atoms with Gasteiger partial charge in [0.1, 0.15) is 30.7 Å². The van der Waals surface area contributed by atoms with E-state index in [1.807, 2.05) is 0 Å². The van der Waals surface area contributed by atoms with Gasteiger partial charge >= 0.3 is 33.3 Å². The second-order valence-electron chi connectivity index (χ2n) is 18.1. The molecule has 0 aliphatic carbocycles. The van der Waals surface area contributed by atoms with E-state index in [2.05, 4.69) is 30.1 Å². The van der Waals surface area contributed by atoms with Crippen LogP contribution < -0.4 is 11.4 Å². The van der Waals surface area contributed by atoms with Crippen molar-refractivity contribution < 1.29 is 81.6 Å². The molecule has 2 rings (SSSR count). The quantitative estimate of drug-likeness (QED) is 0.0143. The van der Waals surface area contributed by atoms with Crippen LogP contribution in [0.2, 0.25) is 0 Å². The number of unbranched alkanes of at least 4 members (excludes halogenated alkanes) is 11. The van der Waals surface area contributed by atoms with Gasteiger partial charge < -0.3 is 55.3 Å². The Bertz CT molecular complexity index is 1970. The molecule has 0 spiro atoms. The van der Waals surface area contributed by atoms with Crippen molar-refractivity contribution in [3.63, 3.8) is 0 Å².